The van der Waals surface area contributed by atoms with Gasteiger partial charge in [0.15, 0.2) is 0 Å². The van der Waals surface area contributed by atoms with Gasteiger partial charge in [-0.05, 0) is 12.5 Å². The van der Waals surface area contributed by atoms with Crippen LogP contribution in [0.3, 0.4) is 0 Å². The van der Waals surface area contributed by atoms with E-state index >= 15 is 0 Å². The van der Waals surface area contributed by atoms with Crippen LogP contribution in [0.25, 0.3) is 0 Å². The lowest BCUT2D eigenvalue weighted by Gasteiger charge is -2.41. The molecule has 1 aliphatic rings. The van der Waals surface area contributed by atoms with Gasteiger partial charge in [0.25, 0.3) is 0 Å². The number of aryl methyl sites for hydroxylation is 1. The first-order valence-electron chi connectivity index (χ1n) is 8.44. The average molecular weight is 327 g/mol. The Kier molecular flexibility index (Phi) is 4.71. The van der Waals surface area contributed by atoms with Crippen molar-refractivity contribution in [2.75, 3.05) is 20.2 Å². The molecule has 0 aliphatic carbocycles. The first-order valence-corrected chi connectivity index (χ1v) is 8.44. The molecule has 0 saturated carbocycles. The molecule has 3 rings (SSSR count). The van der Waals surface area contributed by atoms with Crippen LogP contribution in [0.1, 0.15) is 37.1 Å². The molecule has 5 nitrogen and oxygen atoms in total. The molecule has 0 radical (unpaired) electrons. The molecule has 5 heteroatoms. The van der Waals surface area contributed by atoms with Crippen LogP contribution in [0, 0.1) is 0 Å². The molecule has 1 aromatic carbocycles. The molecule has 0 bridgehead atoms. The third-order valence-electron chi connectivity index (χ3n) is 5.17. The number of amides is 1. The Hall–Kier alpha value is -2.14. The normalized spacial score (nSPS) is 18.4. The second-order valence-corrected chi connectivity index (χ2v) is 6.52. The van der Waals surface area contributed by atoms with Crippen molar-refractivity contribution < 1.29 is 9.53 Å². The first-order chi connectivity index (χ1) is 11.6. The molecule has 1 atom stereocenters. The fraction of sp³-hybridized carbons (Fsp3) is 0.474. The molecule has 2 aromatic rings. The predicted octanol–water partition coefficient (Wildman–Crippen LogP) is 2.69. The van der Waals surface area contributed by atoms with Gasteiger partial charge in [0.1, 0.15) is 11.4 Å². The monoisotopic (exact) mass is 327 g/mol. The molecule has 1 saturated heterocycles. The minimum atomic E-state index is -0.398. The van der Waals surface area contributed by atoms with Crippen LogP contribution in [0.15, 0.2) is 42.7 Å². The molecule has 1 unspecified atom stereocenters. The number of aromatic nitrogens is 2. The second kappa shape index (κ2) is 6.77. The molecule has 1 aromatic heterocycles. The lowest BCUT2D eigenvalue weighted by Crippen LogP contribution is -2.48. The number of carbonyl (C=O) groups excluding carboxylic acids is 1. The van der Waals surface area contributed by atoms with Gasteiger partial charge in [-0.2, -0.15) is 0 Å². The Morgan fingerprint density at radius 3 is 2.46 bits per heavy atom. The number of nitrogens with zero attached hydrogens (tertiary/aromatic N) is 3. The fourth-order valence-corrected chi connectivity index (χ4v) is 3.57. The Balaban J connectivity index is 1.70. The summed E-state index contributed by atoms with van der Waals surface area (Å²) in [6.45, 7) is 3.36. The Morgan fingerprint density at radius 1 is 1.25 bits per heavy atom. The number of imidazole rings is 1. The van der Waals surface area contributed by atoms with E-state index in [1.54, 1.807) is 13.3 Å². The number of rotatable bonds is 4. The van der Waals surface area contributed by atoms with Crippen LogP contribution < -0.4 is 0 Å². The maximum absolute atomic E-state index is 12.8. The minimum Gasteiger partial charge on any atom is -0.370 e. The highest BCUT2D eigenvalue weighted by atomic mass is 16.5. The maximum atomic E-state index is 12.8. The Labute approximate surface area is 143 Å². The molecule has 1 amide bonds. The minimum absolute atomic E-state index is 0.116. The number of ether oxygens (including phenoxy) is 1. The van der Waals surface area contributed by atoms with Crippen LogP contribution in [-0.2, 0) is 22.2 Å². The Morgan fingerprint density at radius 2 is 1.92 bits per heavy atom. The smallest absolute Gasteiger partial charge is 0.229 e. The van der Waals surface area contributed by atoms with Crippen molar-refractivity contribution in [2.24, 2.45) is 7.05 Å². The first kappa shape index (κ1) is 16.7. The largest absolute Gasteiger partial charge is 0.370 e. The zero-order valence-corrected chi connectivity index (χ0v) is 14.6. The van der Waals surface area contributed by atoms with E-state index < -0.39 is 5.60 Å². The molecule has 24 heavy (non-hydrogen) atoms. The van der Waals surface area contributed by atoms with Gasteiger partial charge >= 0.3 is 0 Å². The van der Waals surface area contributed by atoms with E-state index in [1.165, 1.54) is 0 Å². The highest BCUT2D eigenvalue weighted by Crippen LogP contribution is 2.35. The van der Waals surface area contributed by atoms with Gasteiger partial charge in [0, 0.05) is 52.5 Å². The third-order valence-corrected chi connectivity index (χ3v) is 5.17. The number of piperidine rings is 1. The van der Waals surface area contributed by atoms with Crippen LogP contribution in [0.4, 0.5) is 0 Å². The number of benzene rings is 1. The van der Waals surface area contributed by atoms with Crippen molar-refractivity contribution in [3.63, 3.8) is 0 Å². The summed E-state index contributed by atoms with van der Waals surface area (Å²) in [6, 6.07) is 9.96. The number of methoxy groups -OCH3 is 1. The topological polar surface area (TPSA) is 47.4 Å². The van der Waals surface area contributed by atoms with Gasteiger partial charge in [-0.15, -0.1) is 0 Å². The van der Waals surface area contributed by atoms with Crippen LogP contribution in [0.2, 0.25) is 0 Å². The zero-order valence-electron chi connectivity index (χ0n) is 14.6. The SMILES string of the molecule is COC1(c2nccn2C)CCN(C(=O)C(C)c2ccccc2)CC1. The van der Waals surface area contributed by atoms with Gasteiger partial charge in [0.2, 0.25) is 5.91 Å². The number of hydrogen-bond acceptors (Lipinski definition) is 3. The summed E-state index contributed by atoms with van der Waals surface area (Å²) in [7, 11) is 3.72. The lowest BCUT2D eigenvalue weighted by molar-refractivity contribution is -0.139. The molecule has 1 aliphatic heterocycles. The van der Waals surface area contributed by atoms with Crippen molar-refractivity contribution in [3.8, 4) is 0 Å². The molecule has 2 heterocycles. The standard InChI is InChI=1S/C19H25N3O2/c1-15(16-7-5-4-6-8-16)17(23)22-12-9-19(24-3,10-13-22)18-20-11-14-21(18)2/h4-8,11,14-15H,9-10,12-13H2,1-3H3. The molecule has 1 fully saturated rings. The zero-order chi connectivity index (χ0) is 17.2. The van der Waals surface area contributed by atoms with E-state index in [-0.39, 0.29) is 11.8 Å². The van der Waals surface area contributed by atoms with E-state index in [0.717, 1.165) is 24.2 Å². The highest BCUT2D eigenvalue weighted by molar-refractivity contribution is 5.83. The second-order valence-electron chi connectivity index (χ2n) is 6.52. The van der Waals surface area contributed by atoms with E-state index in [9.17, 15) is 4.79 Å². The van der Waals surface area contributed by atoms with E-state index in [2.05, 4.69) is 4.98 Å². The van der Waals surface area contributed by atoms with Crippen molar-refractivity contribution in [2.45, 2.75) is 31.3 Å². The summed E-state index contributed by atoms with van der Waals surface area (Å²) in [4.78, 5) is 19.2. The summed E-state index contributed by atoms with van der Waals surface area (Å²) in [5.41, 5.74) is 0.667. The van der Waals surface area contributed by atoms with Crippen molar-refractivity contribution in [1.82, 2.24) is 14.5 Å². The number of carbonyl (C=O) groups is 1. The molecule has 128 valence electrons. The molecule has 0 spiro atoms. The fourth-order valence-electron chi connectivity index (χ4n) is 3.57. The Bertz CT molecular complexity index is 688. The average Bonchev–Trinajstić information content (AvgIpc) is 3.08. The lowest BCUT2D eigenvalue weighted by atomic mass is 9.89. The van der Waals surface area contributed by atoms with Crippen molar-refractivity contribution in [1.29, 1.82) is 0 Å². The summed E-state index contributed by atoms with van der Waals surface area (Å²) in [6.07, 6.45) is 5.26. The number of likely N-dealkylation sites (tertiary alicyclic amines) is 1. The van der Waals surface area contributed by atoms with Crippen molar-refractivity contribution >= 4 is 5.91 Å². The van der Waals surface area contributed by atoms with Gasteiger partial charge < -0.3 is 14.2 Å². The number of hydrogen-bond donors (Lipinski definition) is 0. The van der Waals surface area contributed by atoms with E-state index in [0.29, 0.717) is 13.1 Å². The summed E-state index contributed by atoms with van der Waals surface area (Å²) in [5, 5.41) is 0. The van der Waals surface area contributed by atoms with E-state index in [1.807, 2.05) is 60.0 Å². The molecular weight excluding hydrogens is 302 g/mol. The third kappa shape index (κ3) is 2.96. The maximum Gasteiger partial charge on any atom is 0.229 e. The van der Waals surface area contributed by atoms with Gasteiger partial charge in [-0.3, -0.25) is 4.79 Å². The van der Waals surface area contributed by atoms with E-state index in [4.69, 9.17) is 4.74 Å². The predicted molar refractivity (Wildman–Crippen MR) is 92.6 cm³/mol. The van der Waals surface area contributed by atoms with Crippen LogP contribution in [0.5, 0.6) is 0 Å². The quantitative estimate of drug-likeness (QED) is 0.867. The van der Waals surface area contributed by atoms with Crippen molar-refractivity contribution in [3.05, 3.63) is 54.1 Å². The summed E-state index contributed by atoms with van der Waals surface area (Å²) < 4.78 is 7.86. The molecule has 0 N–H and O–H groups in total. The van der Waals surface area contributed by atoms with Gasteiger partial charge in [-0.1, -0.05) is 30.3 Å². The summed E-state index contributed by atoms with van der Waals surface area (Å²) >= 11 is 0. The summed E-state index contributed by atoms with van der Waals surface area (Å²) in [5.74, 6) is 1.01. The van der Waals surface area contributed by atoms with Gasteiger partial charge in [-0.25, -0.2) is 4.98 Å². The van der Waals surface area contributed by atoms with Gasteiger partial charge in [0.05, 0.1) is 5.92 Å². The van der Waals surface area contributed by atoms with Crippen LogP contribution >= 0.6 is 0 Å². The highest BCUT2D eigenvalue weighted by Gasteiger charge is 2.41. The molecular formula is C19H25N3O2. The van der Waals surface area contributed by atoms with Crippen LogP contribution in [-0.4, -0.2) is 40.6 Å².